The average molecular weight is 357 g/mol. The van der Waals surface area contributed by atoms with Gasteiger partial charge < -0.3 is 0 Å². The van der Waals surface area contributed by atoms with Crippen molar-refractivity contribution < 1.29 is 9.90 Å². The quantitative estimate of drug-likeness (QED) is 0.660. The molecule has 2 aromatic rings. The molecular weight excluding hydrogens is 343 g/mol. The van der Waals surface area contributed by atoms with E-state index in [9.17, 15) is 9.90 Å². The number of phenolic OH excluding ortho intramolecular Hbond substituents is 1. The number of likely N-dealkylation sites (N-methyl/N-ethyl adjacent to an activating group) is 1. The normalized spacial score (nSPS) is 16.7. The molecule has 5 heteroatoms. The number of anilines is 1. The summed E-state index contributed by atoms with van der Waals surface area (Å²) < 4.78 is 0.725. The number of carbonyl (C=O) groups excluding carboxylic acids is 1. The third kappa shape index (κ3) is 2.56. The minimum absolute atomic E-state index is 0.106. The summed E-state index contributed by atoms with van der Waals surface area (Å²) in [7, 11) is 1.83. The fourth-order valence-corrected chi connectivity index (χ4v) is 2.94. The Balaban J connectivity index is 2.01. The molecule has 1 fully saturated rings. The number of amides is 1. The summed E-state index contributed by atoms with van der Waals surface area (Å²) in [6.07, 6.45) is 1.77. The van der Waals surface area contributed by atoms with Crippen molar-refractivity contribution in [2.24, 2.45) is 0 Å². The Morgan fingerprint density at radius 2 is 1.82 bits per heavy atom. The van der Waals surface area contributed by atoms with E-state index >= 15 is 0 Å². The summed E-state index contributed by atoms with van der Waals surface area (Å²) in [5.41, 5.74) is 2.13. The van der Waals surface area contributed by atoms with Gasteiger partial charge in [-0.15, -0.1) is 0 Å². The average Bonchev–Trinajstić information content (AvgIpc) is 2.72. The Labute approximate surface area is 136 Å². The molecule has 0 radical (unpaired) electrons. The van der Waals surface area contributed by atoms with Crippen molar-refractivity contribution in [3.05, 3.63) is 65.9 Å². The van der Waals surface area contributed by atoms with E-state index in [-0.39, 0.29) is 11.7 Å². The molecule has 0 bridgehead atoms. The topological polar surface area (TPSA) is 43.8 Å². The Kier molecular flexibility index (Phi) is 3.84. The second-order valence-corrected chi connectivity index (χ2v) is 5.71. The molecule has 110 valence electrons. The zero-order valence-corrected chi connectivity index (χ0v) is 13.6. The van der Waals surface area contributed by atoms with Gasteiger partial charge in [0.25, 0.3) is 0 Å². The molecule has 1 saturated heterocycles. The molecule has 0 aromatic heterocycles. The van der Waals surface area contributed by atoms with Crippen LogP contribution in [0.2, 0.25) is 0 Å². The molecule has 2 aromatic carbocycles. The molecule has 22 heavy (non-hydrogen) atoms. The van der Waals surface area contributed by atoms with Crippen LogP contribution >= 0.6 is 0 Å². The van der Waals surface area contributed by atoms with E-state index in [0.717, 1.165) is 15.9 Å². The maximum atomic E-state index is 12.7. The van der Waals surface area contributed by atoms with Gasteiger partial charge in [-0.05, 0) is 0 Å². The number of hydrogen-bond acceptors (Lipinski definition) is 3. The molecule has 1 aliphatic heterocycles. The monoisotopic (exact) mass is 358 g/mol. The SMILES string of the molecule is CN1C(=[Se])N(c2ccccc2)C(=O)C1=Cc1cccc(O)c1. The molecule has 0 spiro atoms. The number of phenols is 1. The molecule has 0 unspecified atom stereocenters. The number of hydrogen-bond donors (Lipinski definition) is 1. The van der Waals surface area contributed by atoms with Crippen molar-refractivity contribution in [3.8, 4) is 5.75 Å². The standard InChI is InChI=1S/C17H14N2O2Se/c1-18-15(11-12-6-5-9-14(20)10-12)16(21)19(17(18)22)13-7-3-2-4-8-13/h2-11,20H,1H3. The molecule has 0 aliphatic carbocycles. The van der Waals surface area contributed by atoms with Crippen molar-refractivity contribution in [2.45, 2.75) is 0 Å². The second kappa shape index (κ2) is 5.79. The van der Waals surface area contributed by atoms with E-state index in [1.165, 1.54) is 0 Å². The van der Waals surface area contributed by atoms with Crippen molar-refractivity contribution in [1.82, 2.24) is 4.90 Å². The van der Waals surface area contributed by atoms with E-state index in [1.54, 1.807) is 34.1 Å². The predicted molar refractivity (Wildman–Crippen MR) is 88.5 cm³/mol. The molecule has 1 aliphatic rings. The molecule has 1 heterocycles. The van der Waals surface area contributed by atoms with Gasteiger partial charge in [0.2, 0.25) is 0 Å². The third-order valence-corrected chi connectivity index (χ3v) is 4.41. The summed E-state index contributed by atoms with van der Waals surface area (Å²) >= 11 is 2.95. The van der Waals surface area contributed by atoms with E-state index in [1.807, 2.05) is 43.4 Å². The predicted octanol–water partition coefficient (Wildman–Crippen LogP) is 1.97. The van der Waals surface area contributed by atoms with Crippen LogP contribution in [0.1, 0.15) is 5.56 Å². The van der Waals surface area contributed by atoms with Gasteiger partial charge in [-0.2, -0.15) is 0 Å². The maximum absolute atomic E-state index is 12.7. The molecule has 0 saturated carbocycles. The van der Waals surface area contributed by atoms with Crippen LogP contribution < -0.4 is 4.90 Å². The Morgan fingerprint density at radius 1 is 1.09 bits per heavy atom. The Bertz CT molecular complexity index is 771. The first-order chi connectivity index (χ1) is 10.6. The first-order valence-corrected chi connectivity index (χ1v) is 7.61. The zero-order valence-electron chi connectivity index (χ0n) is 11.9. The number of nitrogens with zero attached hydrogens (tertiary/aromatic N) is 2. The molecule has 0 atom stereocenters. The van der Waals surface area contributed by atoms with Gasteiger partial charge in [-0.25, -0.2) is 0 Å². The van der Waals surface area contributed by atoms with E-state index in [0.29, 0.717) is 5.70 Å². The number of para-hydroxylation sites is 1. The van der Waals surface area contributed by atoms with Crippen LogP contribution in [0.25, 0.3) is 6.08 Å². The zero-order chi connectivity index (χ0) is 15.7. The van der Waals surface area contributed by atoms with Gasteiger partial charge >= 0.3 is 136 Å². The molecule has 1 amide bonds. The summed E-state index contributed by atoms with van der Waals surface area (Å²) in [4.78, 5) is 16.2. The van der Waals surface area contributed by atoms with Gasteiger partial charge in [-0.3, -0.25) is 0 Å². The van der Waals surface area contributed by atoms with E-state index < -0.39 is 0 Å². The first-order valence-electron chi connectivity index (χ1n) is 6.76. The van der Waals surface area contributed by atoms with Crippen LogP contribution in [0.5, 0.6) is 5.75 Å². The van der Waals surface area contributed by atoms with Crippen molar-refractivity contribution in [3.63, 3.8) is 0 Å². The molecule has 3 rings (SSSR count). The van der Waals surface area contributed by atoms with Crippen LogP contribution in [-0.2, 0) is 4.79 Å². The van der Waals surface area contributed by atoms with Crippen LogP contribution in [-0.4, -0.2) is 43.2 Å². The Hall–Kier alpha value is -2.36. The van der Waals surface area contributed by atoms with Gasteiger partial charge in [0.15, 0.2) is 0 Å². The second-order valence-electron chi connectivity index (χ2n) is 4.94. The van der Waals surface area contributed by atoms with Gasteiger partial charge in [0.1, 0.15) is 0 Å². The third-order valence-electron chi connectivity index (χ3n) is 3.45. The number of benzene rings is 2. The summed E-state index contributed by atoms with van der Waals surface area (Å²) in [6, 6.07) is 16.3. The van der Waals surface area contributed by atoms with Crippen LogP contribution in [0.15, 0.2) is 60.3 Å². The fourth-order valence-electron chi connectivity index (χ4n) is 2.33. The summed E-state index contributed by atoms with van der Waals surface area (Å²) in [6.45, 7) is 0. The van der Waals surface area contributed by atoms with Crippen molar-refractivity contribution >= 4 is 37.9 Å². The number of rotatable bonds is 2. The van der Waals surface area contributed by atoms with Crippen LogP contribution in [0.4, 0.5) is 5.69 Å². The summed E-state index contributed by atoms with van der Waals surface area (Å²) in [5, 5.41) is 9.55. The molecular formula is C17H14N2O2Se. The fraction of sp³-hybridized carbons (Fsp3) is 0.0588. The number of carbonyl (C=O) groups is 1. The number of aromatic hydroxyl groups is 1. The van der Waals surface area contributed by atoms with Gasteiger partial charge in [-0.1, -0.05) is 0 Å². The molecule has 1 N–H and O–H groups in total. The first kappa shape index (κ1) is 14.6. The Morgan fingerprint density at radius 3 is 2.50 bits per heavy atom. The molecule has 4 nitrogen and oxygen atoms in total. The van der Waals surface area contributed by atoms with E-state index in [2.05, 4.69) is 15.6 Å². The van der Waals surface area contributed by atoms with Crippen LogP contribution in [0.3, 0.4) is 0 Å². The van der Waals surface area contributed by atoms with Gasteiger partial charge in [0, 0.05) is 0 Å². The summed E-state index contributed by atoms with van der Waals surface area (Å²) in [5.74, 6) is 0.0698. The van der Waals surface area contributed by atoms with Gasteiger partial charge in [0.05, 0.1) is 0 Å². The van der Waals surface area contributed by atoms with E-state index in [4.69, 9.17) is 0 Å². The minimum atomic E-state index is -0.106. The van der Waals surface area contributed by atoms with Crippen molar-refractivity contribution in [1.29, 1.82) is 0 Å². The van der Waals surface area contributed by atoms with Crippen molar-refractivity contribution in [2.75, 3.05) is 11.9 Å². The van der Waals surface area contributed by atoms with Crippen LogP contribution in [0, 0.1) is 0 Å².